The number of amides is 3. The predicted octanol–water partition coefficient (Wildman–Crippen LogP) is 4.80. The zero-order valence-corrected chi connectivity index (χ0v) is 20.2. The van der Waals surface area contributed by atoms with Crippen LogP contribution < -0.4 is 5.32 Å². The Bertz CT molecular complexity index is 1140. The standard InChI is InChI=1S/C26H29N3O3S/c1-13(2)15-7-8-18(19(10-15)14(3)4)20-12-33-26(27-20)28-21(30)11-29-24(31)22-16-5-6-17(9-16)23(22)25(29)32/h5-8,10,12-14,16-17,22-23H,9,11H2,1-4H3,(H,27,28,30). The fourth-order valence-electron chi connectivity index (χ4n) is 5.53. The van der Waals surface area contributed by atoms with Gasteiger partial charge < -0.3 is 5.32 Å². The van der Waals surface area contributed by atoms with Gasteiger partial charge in [-0.1, -0.05) is 58.0 Å². The highest BCUT2D eigenvalue weighted by atomic mass is 32.1. The summed E-state index contributed by atoms with van der Waals surface area (Å²) in [4.78, 5) is 44.1. The van der Waals surface area contributed by atoms with Crippen LogP contribution in [-0.4, -0.2) is 34.2 Å². The average molecular weight is 464 g/mol. The number of hydrogen-bond acceptors (Lipinski definition) is 5. The van der Waals surface area contributed by atoms with E-state index in [0.717, 1.165) is 22.6 Å². The Labute approximate surface area is 198 Å². The molecule has 33 heavy (non-hydrogen) atoms. The summed E-state index contributed by atoms with van der Waals surface area (Å²) in [5.74, 6) is -0.292. The number of thiazole rings is 1. The normalized spacial score (nSPS) is 25.6. The monoisotopic (exact) mass is 463 g/mol. The smallest absolute Gasteiger partial charge is 0.246 e. The van der Waals surface area contributed by atoms with E-state index in [4.69, 9.17) is 0 Å². The van der Waals surface area contributed by atoms with Gasteiger partial charge in [-0.2, -0.15) is 0 Å². The Hall–Kier alpha value is -2.80. The first-order chi connectivity index (χ1) is 15.7. The fourth-order valence-corrected chi connectivity index (χ4v) is 6.26. The van der Waals surface area contributed by atoms with E-state index >= 15 is 0 Å². The maximum atomic E-state index is 12.8. The first kappa shape index (κ1) is 22.0. The van der Waals surface area contributed by atoms with Crippen LogP contribution in [0.1, 0.15) is 57.1 Å². The molecule has 172 valence electrons. The number of allylic oxidation sites excluding steroid dienone is 2. The van der Waals surface area contributed by atoms with Crippen LogP contribution in [0, 0.1) is 23.7 Å². The fraction of sp³-hybridized carbons (Fsp3) is 0.462. The van der Waals surface area contributed by atoms with Crippen LogP contribution in [0.2, 0.25) is 0 Å². The second-order valence-electron chi connectivity index (χ2n) is 10.0. The van der Waals surface area contributed by atoms with Gasteiger partial charge in [0.15, 0.2) is 5.13 Å². The molecule has 2 heterocycles. The second-order valence-corrected chi connectivity index (χ2v) is 10.9. The molecule has 4 unspecified atom stereocenters. The highest BCUT2D eigenvalue weighted by Gasteiger charge is 2.59. The molecule has 1 N–H and O–H groups in total. The molecular formula is C26H29N3O3S. The van der Waals surface area contributed by atoms with Crippen LogP contribution in [0.3, 0.4) is 0 Å². The van der Waals surface area contributed by atoms with E-state index < -0.39 is 5.91 Å². The van der Waals surface area contributed by atoms with Crippen molar-refractivity contribution in [3.05, 3.63) is 46.9 Å². The van der Waals surface area contributed by atoms with E-state index in [1.807, 2.05) is 5.38 Å². The maximum Gasteiger partial charge on any atom is 0.246 e. The van der Waals surface area contributed by atoms with Crippen LogP contribution in [0.15, 0.2) is 35.7 Å². The Morgan fingerprint density at radius 2 is 1.76 bits per heavy atom. The highest BCUT2D eigenvalue weighted by Crippen LogP contribution is 2.52. The van der Waals surface area contributed by atoms with Gasteiger partial charge in [0, 0.05) is 10.9 Å². The van der Waals surface area contributed by atoms with E-state index in [2.05, 4.69) is 68.3 Å². The summed E-state index contributed by atoms with van der Waals surface area (Å²) in [6.45, 7) is 8.44. The summed E-state index contributed by atoms with van der Waals surface area (Å²) in [5.41, 5.74) is 4.40. The molecule has 1 saturated heterocycles. The van der Waals surface area contributed by atoms with Gasteiger partial charge in [0.05, 0.1) is 17.5 Å². The number of carbonyl (C=O) groups excluding carboxylic acids is 3. The van der Waals surface area contributed by atoms with Crippen molar-refractivity contribution < 1.29 is 14.4 Å². The molecule has 2 aliphatic carbocycles. The summed E-state index contributed by atoms with van der Waals surface area (Å²) >= 11 is 1.35. The lowest BCUT2D eigenvalue weighted by Crippen LogP contribution is -2.39. The minimum Gasteiger partial charge on any atom is -0.300 e. The van der Waals surface area contributed by atoms with Gasteiger partial charge in [0.25, 0.3) is 0 Å². The Balaban J connectivity index is 1.29. The van der Waals surface area contributed by atoms with Crippen molar-refractivity contribution in [3.63, 3.8) is 0 Å². The Morgan fingerprint density at radius 1 is 1.09 bits per heavy atom. The molecule has 1 aromatic heterocycles. The summed E-state index contributed by atoms with van der Waals surface area (Å²) in [6, 6.07) is 6.48. The third-order valence-electron chi connectivity index (χ3n) is 7.25. The number of benzene rings is 1. The number of nitrogens with zero attached hydrogens (tertiary/aromatic N) is 2. The number of carbonyl (C=O) groups is 3. The number of imide groups is 1. The van der Waals surface area contributed by atoms with Gasteiger partial charge >= 0.3 is 0 Å². The third kappa shape index (κ3) is 3.72. The number of aromatic nitrogens is 1. The number of anilines is 1. The Kier molecular flexibility index (Phi) is 5.47. The van der Waals surface area contributed by atoms with Crippen molar-refractivity contribution in [3.8, 4) is 11.3 Å². The van der Waals surface area contributed by atoms with Crippen LogP contribution >= 0.6 is 11.3 Å². The van der Waals surface area contributed by atoms with Gasteiger partial charge in [0.2, 0.25) is 17.7 Å². The molecule has 3 aliphatic rings. The number of likely N-dealkylation sites (tertiary alicyclic amines) is 1. The topological polar surface area (TPSA) is 79.4 Å². The van der Waals surface area contributed by atoms with E-state index in [1.165, 1.54) is 22.5 Å². The quantitative estimate of drug-likeness (QED) is 0.493. The number of hydrogen-bond donors (Lipinski definition) is 1. The van der Waals surface area contributed by atoms with Crippen molar-refractivity contribution in [2.75, 3.05) is 11.9 Å². The minimum absolute atomic E-state index is 0.142. The molecule has 7 heteroatoms. The first-order valence-electron chi connectivity index (χ1n) is 11.7. The molecule has 1 aliphatic heterocycles. The number of fused-ring (bicyclic) bond motifs is 5. The SMILES string of the molecule is CC(C)c1ccc(-c2csc(NC(=O)CN3C(=O)C4C5C=CC(C5)C4C3=O)n2)c(C(C)C)c1. The molecule has 2 aromatic rings. The van der Waals surface area contributed by atoms with Crippen LogP contribution in [0.5, 0.6) is 0 Å². The Morgan fingerprint density at radius 3 is 2.36 bits per heavy atom. The summed E-state index contributed by atoms with van der Waals surface area (Å²) in [6.07, 6.45) is 4.98. The van der Waals surface area contributed by atoms with Gasteiger partial charge in [-0.15, -0.1) is 11.3 Å². The lowest BCUT2D eigenvalue weighted by molar-refractivity contribution is -0.143. The molecule has 0 radical (unpaired) electrons. The van der Waals surface area contributed by atoms with Gasteiger partial charge in [0.1, 0.15) is 6.54 Å². The second kappa shape index (κ2) is 8.20. The third-order valence-corrected chi connectivity index (χ3v) is 8.01. The van der Waals surface area contributed by atoms with Gasteiger partial charge in [-0.05, 0) is 41.2 Å². The van der Waals surface area contributed by atoms with Crippen molar-refractivity contribution in [2.45, 2.75) is 46.0 Å². The molecular weight excluding hydrogens is 434 g/mol. The highest BCUT2D eigenvalue weighted by molar-refractivity contribution is 7.14. The van der Waals surface area contributed by atoms with E-state index in [1.54, 1.807) is 0 Å². The molecule has 0 spiro atoms. The van der Waals surface area contributed by atoms with Gasteiger partial charge in [-0.25, -0.2) is 4.98 Å². The van der Waals surface area contributed by atoms with Crippen molar-refractivity contribution >= 4 is 34.2 Å². The van der Waals surface area contributed by atoms with E-state index in [0.29, 0.717) is 17.0 Å². The molecule has 1 aromatic carbocycles. The molecule has 5 rings (SSSR count). The molecule has 6 nitrogen and oxygen atoms in total. The van der Waals surface area contributed by atoms with Crippen LogP contribution in [0.4, 0.5) is 5.13 Å². The van der Waals surface area contributed by atoms with Crippen molar-refractivity contribution in [2.24, 2.45) is 23.7 Å². The summed E-state index contributed by atoms with van der Waals surface area (Å²) < 4.78 is 0. The summed E-state index contributed by atoms with van der Waals surface area (Å²) in [7, 11) is 0. The average Bonchev–Trinajstić information content (AvgIpc) is 3.55. The molecule has 1 saturated carbocycles. The van der Waals surface area contributed by atoms with Gasteiger partial charge in [-0.3, -0.25) is 19.3 Å². The molecule has 3 amide bonds. The molecule has 2 fully saturated rings. The zero-order chi connectivity index (χ0) is 23.4. The number of rotatable bonds is 6. The molecule has 2 bridgehead atoms. The van der Waals surface area contributed by atoms with Crippen LogP contribution in [0.25, 0.3) is 11.3 Å². The van der Waals surface area contributed by atoms with Crippen LogP contribution in [-0.2, 0) is 14.4 Å². The number of nitrogens with one attached hydrogen (secondary N) is 1. The lowest BCUT2D eigenvalue weighted by atomic mass is 9.85. The van der Waals surface area contributed by atoms with E-state index in [9.17, 15) is 14.4 Å². The zero-order valence-electron chi connectivity index (χ0n) is 19.4. The van der Waals surface area contributed by atoms with E-state index in [-0.39, 0.29) is 42.0 Å². The predicted molar refractivity (Wildman–Crippen MR) is 129 cm³/mol. The largest absolute Gasteiger partial charge is 0.300 e. The maximum absolute atomic E-state index is 12.8. The van der Waals surface area contributed by atoms with Crippen molar-refractivity contribution in [1.82, 2.24) is 9.88 Å². The van der Waals surface area contributed by atoms with Crippen molar-refractivity contribution in [1.29, 1.82) is 0 Å². The minimum atomic E-state index is -0.392. The lowest BCUT2D eigenvalue weighted by Gasteiger charge is -2.16. The first-order valence-corrected chi connectivity index (χ1v) is 12.6. The molecule has 4 atom stereocenters. The summed E-state index contributed by atoms with van der Waals surface area (Å²) in [5, 5.41) is 5.20.